The second kappa shape index (κ2) is 7.76. The van der Waals surface area contributed by atoms with Crippen molar-refractivity contribution in [1.82, 2.24) is 4.57 Å². The molecule has 0 unspecified atom stereocenters. The number of nitrogens with zero attached hydrogens (tertiary/aromatic N) is 1. The number of nitrogens with one attached hydrogen (secondary N) is 1. The maximum Gasteiger partial charge on any atom is 0.341 e. The van der Waals surface area contributed by atoms with Crippen molar-refractivity contribution in [3.8, 4) is 5.75 Å². The number of aromatic nitrogens is 1. The van der Waals surface area contributed by atoms with Gasteiger partial charge >= 0.3 is 16.1 Å². The summed E-state index contributed by atoms with van der Waals surface area (Å²) >= 11 is 6.02. The van der Waals surface area contributed by atoms with E-state index < -0.39 is 28.5 Å². The molecule has 0 saturated heterocycles. The SMILES string of the molecule is CC(=O)Nc1cccc2c1c(S(=O)(=O)Oc1ccccc1Cl)c(C)n2CC(=O)O. The van der Waals surface area contributed by atoms with Gasteiger partial charge in [-0.05, 0) is 31.2 Å². The lowest BCUT2D eigenvalue weighted by Gasteiger charge is -2.10. The lowest BCUT2D eigenvalue weighted by Crippen LogP contribution is -2.14. The molecule has 0 bridgehead atoms. The summed E-state index contributed by atoms with van der Waals surface area (Å²) in [7, 11) is -4.42. The lowest BCUT2D eigenvalue weighted by atomic mass is 10.2. The van der Waals surface area contributed by atoms with E-state index in [1.165, 1.54) is 36.6 Å². The zero-order valence-electron chi connectivity index (χ0n) is 15.5. The molecule has 0 fully saturated rings. The third-order valence-corrected chi connectivity index (χ3v) is 5.89. The molecule has 29 heavy (non-hydrogen) atoms. The van der Waals surface area contributed by atoms with Gasteiger partial charge in [-0.15, -0.1) is 0 Å². The normalized spacial score (nSPS) is 11.4. The summed E-state index contributed by atoms with van der Waals surface area (Å²) < 4.78 is 32.9. The average molecular weight is 437 g/mol. The van der Waals surface area contributed by atoms with E-state index in [9.17, 15) is 23.1 Å². The number of anilines is 1. The van der Waals surface area contributed by atoms with Crippen molar-refractivity contribution in [2.75, 3.05) is 5.32 Å². The Kier molecular flexibility index (Phi) is 5.54. The zero-order valence-corrected chi connectivity index (χ0v) is 17.0. The number of carboxylic acids is 1. The molecule has 152 valence electrons. The molecule has 8 nitrogen and oxygen atoms in total. The van der Waals surface area contributed by atoms with Gasteiger partial charge in [0, 0.05) is 18.0 Å². The van der Waals surface area contributed by atoms with Gasteiger partial charge in [0.2, 0.25) is 5.91 Å². The first-order valence-electron chi connectivity index (χ1n) is 8.42. The van der Waals surface area contributed by atoms with E-state index in [0.29, 0.717) is 5.52 Å². The van der Waals surface area contributed by atoms with Gasteiger partial charge in [-0.25, -0.2) is 0 Å². The summed E-state index contributed by atoms with van der Waals surface area (Å²) in [4.78, 5) is 22.7. The maximum absolute atomic E-state index is 13.2. The predicted molar refractivity (Wildman–Crippen MR) is 108 cm³/mol. The Labute approximate surface area is 171 Å². The Morgan fingerprint density at radius 3 is 2.48 bits per heavy atom. The topological polar surface area (TPSA) is 115 Å². The molecule has 0 radical (unpaired) electrons. The molecule has 10 heteroatoms. The zero-order chi connectivity index (χ0) is 21.3. The summed E-state index contributed by atoms with van der Waals surface area (Å²) in [6, 6.07) is 10.8. The number of fused-ring (bicyclic) bond motifs is 1. The van der Waals surface area contributed by atoms with Crippen molar-refractivity contribution in [2.24, 2.45) is 0 Å². The van der Waals surface area contributed by atoms with E-state index >= 15 is 0 Å². The maximum atomic E-state index is 13.2. The van der Waals surface area contributed by atoms with E-state index in [1.807, 2.05) is 0 Å². The van der Waals surface area contributed by atoms with E-state index in [-0.39, 0.29) is 32.4 Å². The molecule has 1 aromatic heterocycles. The number of hydrogen-bond acceptors (Lipinski definition) is 5. The van der Waals surface area contributed by atoms with Gasteiger partial charge < -0.3 is 19.2 Å². The summed E-state index contributed by atoms with van der Waals surface area (Å²) in [6.07, 6.45) is 0. The second-order valence-electron chi connectivity index (χ2n) is 6.24. The van der Waals surface area contributed by atoms with Gasteiger partial charge in [0.25, 0.3) is 0 Å². The molecule has 0 atom stereocenters. The fourth-order valence-electron chi connectivity index (χ4n) is 3.10. The van der Waals surface area contributed by atoms with Crippen molar-refractivity contribution in [3.05, 3.63) is 53.2 Å². The smallest absolute Gasteiger partial charge is 0.341 e. The number of halogens is 1. The van der Waals surface area contributed by atoms with Crippen molar-refractivity contribution in [1.29, 1.82) is 0 Å². The van der Waals surface area contributed by atoms with E-state index in [0.717, 1.165) is 0 Å². The molecular weight excluding hydrogens is 420 g/mol. The Balaban J connectivity index is 2.30. The van der Waals surface area contributed by atoms with Crippen molar-refractivity contribution >= 4 is 50.2 Å². The molecule has 3 rings (SSSR count). The summed E-state index contributed by atoms with van der Waals surface area (Å²) in [5, 5.41) is 12.1. The van der Waals surface area contributed by atoms with Crippen molar-refractivity contribution in [3.63, 3.8) is 0 Å². The van der Waals surface area contributed by atoms with Crippen LogP contribution < -0.4 is 9.50 Å². The van der Waals surface area contributed by atoms with Crippen LogP contribution in [0.4, 0.5) is 5.69 Å². The highest BCUT2D eigenvalue weighted by atomic mass is 35.5. The number of para-hydroxylation sites is 1. The van der Waals surface area contributed by atoms with Gasteiger partial charge in [-0.2, -0.15) is 8.42 Å². The van der Waals surface area contributed by atoms with Crippen LogP contribution in [0.1, 0.15) is 12.6 Å². The fourth-order valence-corrected chi connectivity index (χ4v) is 4.72. The molecule has 1 amide bonds. The van der Waals surface area contributed by atoms with Crippen LogP contribution in [0.5, 0.6) is 5.75 Å². The second-order valence-corrected chi connectivity index (χ2v) is 8.13. The monoisotopic (exact) mass is 436 g/mol. The van der Waals surface area contributed by atoms with Crippen molar-refractivity contribution in [2.45, 2.75) is 25.3 Å². The number of hydrogen-bond donors (Lipinski definition) is 2. The van der Waals surface area contributed by atoms with Crippen LogP contribution in [-0.4, -0.2) is 30.0 Å². The van der Waals surface area contributed by atoms with Crippen LogP contribution >= 0.6 is 11.6 Å². The van der Waals surface area contributed by atoms with E-state index in [2.05, 4.69) is 5.32 Å². The lowest BCUT2D eigenvalue weighted by molar-refractivity contribution is -0.137. The number of carbonyl (C=O) groups is 2. The third-order valence-electron chi connectivity index (χ3n) is 4.18. The van der Waals surface area contributed by atoms with Gasteiger partial charge in [-0.1, -0.05) is 29.8 Å². The number of aliphatic carboxylic acids is 1. The largest absolute Gasteiger partial charge is 0.480 e. The van der Waals surface area contributed by atoms with Gasteiger partial charge in [0.1, 0.15) is 11.4 Å². The number of rotatable bonds is 6. The van der Waals surface area contributed by atoms with Gasteiger partial charge in [0.15, 0.2) is 5.75 Å². The van der Waals surface area contributed by atoms with Crippen LogP contribution in [-0.2, 0) is 26.3 Å². The summed E-state index contributed by atoms with van der Waals surface area (Å²) in [5.74, 6) is -1.62. The first kappa shape index (κ1) is 20.7. The minimum Gasteiger partial charge on any atom is -0.480 e. The summed E-state index contributed by atoms with van der Waals surface area (Å²) in [5.41, 5.74) is 0.716. The minimum absolute atomic E-state index is 0.0651. The molecule has 0 aliphatic rings. The van der Waals surface area contributed by atoms with Crippen molar-refractivity contribution < 1.29 is 27.3 Å². The minimum atomic E-state index is -4.42. The molecular formula is C19H17ClN2O6S. The highest BCUT2D eigenvalue weighted by Crippen LogP contribution is 2.37. The average Bonchev–Trinajstić information content (AvgIpc) is 2.90. The van der Waals surface area contributed by atoms with Crippen LogP contribution in [0, 0.1) is 6.92 Å². The molecule has 3 aromatic rings. The Hall–Kier alpha value is -3.04. The van der Waals surface area contributed by atoms with Gasteiger partial charge in [0.05, 0.1) is 16.2 Å². The number of amides is 1. The number of carbonyl (C=O) groups excluding carboxylic acids is 1. The summed E-state index contributed by atoms with van der Waals surface area (Å²) in [6.45, 7) is 2.30. The molecule has 0 spiro atoms. The van der Waals surface area contributed by atoms with E-state index in [1.54, 1.807) is 24.3 Å². The van der Waals surface area contributed by atoms with Crippen LogP contribution in [0.15, 0.2) is 47.4 Å². The molecule has 2 N–H and O–H groups in total. The Morgan fingerprint density at radius 2 is 1.86 bits per heavy atom. The first-order valence-corrected chi connectivity index (χ1v) is 10.2. The standard InChI is InChI=1S/C19H17ClN2O6S/c1-11-19(29(26,27)28-16-9-4-3-6-13(16)20)18-14(21-12(2)23)7-5-8-15(18)22(11)10-17(24)25/h3-9H,10H2,1-2H3,(H,21,23)(H,24,25). The predicted octanol–water partition coefficient (Wildman–Crippen LogP) is 3.41. The molecule has 2 aromatic carbocycles. The number of carboxylic acid groups (broad SMARTS) is 1. The molecule has 0 saturated carbocycles. The molecule has 1 heterocycles. The highest BCUT2D eigenvalue weighted by Gasteiger charge is 2.30. The van der Waals surface area contributed by atoms with E-state index in [4.69, 9.17) is 15.8 Å². The third kappa shape index (κ3) is 4.06. The highest BCUT2D eigenvalue weighted by molar-refractivity contribution is 7.87. The molecule has 0 aliphatic heterocycles. The fraction of sp³-hybridized carbons (Fsp3) is 0.158. The molecule has 0 aliphatic carbocycles. The van der Waals surface area contributed by atoms with Crippen LogP contribution in [0.3, 0.4) is 0 Å². The Morgan fingerprint density at radius 1 is 1.17 bits per heavy atom. The van der Waals surface area contributed by atoms with Gasteiger partial charge in [-0.3, -0.25) is 9.59 Å². The number of benzene rings is 2. The van der Waals surface area contributed by atoms with Crippen LogP contribution in [0.25, 0.3) is 10.9 Å². The van der Waals surface area contributed by atoms with Crippen LogP contribution in [0.2, 0.25) is 5.02 Å². The Bertz CT molecular complexity index is 1230. The first-order chi connectivity index (χ1) is 13.6. The quantitative estimate of drug-likeness (QED) is 0.572.